The monoisotopic (exact) mass is 304 g/mol. The molecule has 0 spiro atoms. The van der Waals surface area contributed by atoms with Crippen LogP contribution in [0.15, 0.2) is 0 Å². The number of hydrogen-bond donors (Lipinski definition) is 0. The van der Waals surface area contributed by atoms with Gasteiger partial charge in [0.05, 0.1) is 12.3 Å². The van der Waals surface area contributed by atoms with E-state index in [1.165, 1.54) is 0 Å². The van der Waals surface area contributed by atoms with E-state index in [9.17, 15) is 13.7 Å². The Hall–Kier alpha value is 0.570. The van der Waals surface area contributed by atoms with Gasteiger partial charge in [0.2, 0.25) is 0 Å². The first-order valence-corrected chi connectivity index (χ1v) is 10.9. The molecule has 2 atom stereocenters. The molecule has 0 radical (unpaired) electrons. The van der Waals surface area contributed by atoms with E-state index < -0.39 is 22.8 Å². The Balaban J connectivity index is 3.04. The summed E-state index contributed by atoms with van der Waals surface area (Å²) in [5.41, 5.74) is 0. The molecule has 1 aliphatic heterocycles. The Morgan fingerprint density at radius 2 is 1.06 bits per heavy atom. The van der Waals surface area contributed by atoms with E-state index in [-0.39, 0.29) is 18.5 Å². The highest BCUT2D eigenvalue weighted by molar-refractivity contribution is 7.80. The minimum atomic E-state index is -3.55. The second-order valence-electron chi connectivity index (χ2n) is 3.84. The summed E-state index contributed by atoms with van der Waals surface area (Å²) >= 11 is 0. The van der Waals surface area contributed by atoms with E-state index in [4.69, 9.17) is 12.9 Å². The molecule has 1 heterocycles. The molecule has 1 saturated heterocycles. The molecule has 1 fully saturated rings. The third-order valence-electron chi connectivity index (χ3n) is 2.13. The van der Waals surface area contributed by atoms with Gasteiger partial charge in [-0.05, 0) is 12.8 Å². The van der Waals surface area contributed by atoms with Crippen molar-refractivity contribution < 1.29 is 26.6 Å². The SMILES string of the molecule is CCCP1(=O)OP(=O)(CC)OP(=O)(CCC)O1. The lowest BCUT2D eigenvalue weighted by Crippen LogP contribution is -2.09. The second kappa shape index (κ2) is 5.69. The van der Waals surface area contributed by atoms with Crippen molar-refractivity contribution in [3.63, 3.8) is 0 Å². The van der Waals surface area contributed by atoms with E-state index in [0.717, 1.165) is 0 Å². The van der Waals surface area contributed by atoms with E-state index in [1.54, 1.807) is 20.8 Å². The molecule has 0 bridgehead atoms. The molecule has 0 saturated carbocycles. The van der Waals surface area contributed by atoms with Crippen LogP contribution in [0.1, 0.15) is 33.6 Å². The molecule has 0 aromatic carbocycles. The lowest BCUT2D eigenvalue weighted by Gasteiger charge is -2.33. The fourth-order valence-corrected chi connectivity index (χ4v) is 10.5. The highest BCUT2D eigenvalue weighted by Gasteiger charge is 2.50. The zero-order chi connectivity index (χ0) is 13.2. The summed E-state index contributed by atoms with van der Waals surface area (Å²) in [5.74, 6) is 0. The summed E-state index contributed by atoms with van der Waals surface area (Å²) in [5, 5.41) is 0. The summed E-state index contributed by atoms with van der Waals surface area (Å²) in [4.78, 5) is 0. The average molecular weight is 304 g/mol. The number of hydrogen-bond acceptors (Lipinski definition) is 6. The Morgan fingerprint density at radius 3 is 1.35 bits per heavy atom. The first-order valence-electron chi connectivity index (χ1n) is 5.71. The number of rotatable bonds is 5. The van der Waals surface area contributed by atoms with Gasteiger partial charge >= 0.3 is 22.8 Å². The lowest BCUT2D eigenvalue weighted by molar-refractivity contribution is 0.277. The van der Waals surface area contributed by atoms with Crippen LogP contribution < -0.4 is 0 Å². The first-order chi connectivity index (χ1) is 7.80. The molecule has 1 rings (SSSR count). The van der Waals surface area contributed by atoms with Gasteiger partial charge in [-0.3, -0.25) is 13.7 Å². The van der Waals surface area contributed by atoms with Crippen LogP contribution >= 0.6 is 22.8 Å². The topological polar surface area (TPSA) is 78.9 Å². The summed E-state index contributed by atoms with van der Waals surface area (Å²) in [6, 6.07) is 0. The van der Waals surface area contributed by atoms with Gasteiger partial charge in [0.1, 0.15) is 0 Å². The highest BCUT2D eigenvalue weighted by atomic mass is 31.3. The normalized spacial score (nSPS) is 42.5. The van der Waals surface area contributed by atoms with E-state index in [0.29, 0.717) is 12.8 Å². The van der Waals surface area contributed by atoms with Crippen molar-refractivity contribution in [1.29, 1.82) is 0 Å². The van der Waals surface area contributed by atoms with Gasteiger partial charge in [-0.25, -0.2) is 12.9 Å². The Kier molecular flexibility index (Phi) is 5.23. The minimum absolute atomic E-state index is 0.0395. The molecule has 6 nitrogen and oxygen atoms in total. The Morgan fingerprint density at radius 1 is 0.706 bits per heavy atom. The maximum absolute atomic E-state index is 12.2. The third kappa shape index (κ3) is 4.02. The summed E-state index contributed by atoms with van der Waals surface area (Å²) in [6.45, 7) is 5.17. The molecule has 1 aliphatic rings. The zero-order valence-corrected chi connectivity index (χ0v) is 13.0. The molecule has 102 valence electrons. The quantitative estimate of drug-likeness (QED) is 0.697. The van der Waals surface area contributed by atoms with Gasteiger partial charge in [0.25, 0.3) is 0 Å². The third-order valence-corrected chi connectivity index (χ3v) is 10.9. The van der Waals surface area contributed by atoms with Crippen molar-refractivity contribution in [3.05, 3.63) is 0 Å². The molecule has 0 amide bonds. The van der Waals surface area contributed by atoms with Gasteiger partial charge in [0, 0.05) is 6.16 Å². The largest absolute Gasteiger partial charge is 0.345 e. The van der Waals surface area contributed by atoms with Crippen molar-refractivity contribution in [2.75, 3.05) is 18.5 Å². The highest BCUT2D eigenvalue weighted by Crippen LogP contribution is 2.82. The summed E-state index contributed by atoms with van der Waals surface area (Å²) in [7, 11) is -10.7. The zero-order valence-electron chi connectivity index (χ0n) is 10.3. The van der Waals surface area contributed by atoms with Crippen molar-refractivity contribution in [2.45, 2.75) is 33.6 Å². The maximum atomic E-state index is 12.2. The van der Waals surface area contributed by atoms with Crippen molar-refractivity contribution in [1.82, 2.24) is 0 Å². The summed E-state index contributed by atoms with van der Waals surface area (Å²) in [6.07, 6.45) is 1.32. The van der Waals surface area contributed by atoms with Crippen LogP contribution in [0.5, 0.6) is 0 Å². The van der Waals surface area contributed by atoms with Crippen LogP contribution in [0.25, 0.3) is 0 Å². The van der Waals surface area contributed by atoms with Crippen LogP contribution in [0.2, 0.25) is 0 Å². The Bertz CT molecular complexity index is 374. The molecule has 0 aromatic rings. The molecule has 17 heavy (non-hydrogen) atoms. The predicted molar refractivity (Wildman–Crippen MR) is 66.9 cm³/mol. The van der Waals surface area contributed by atoms with Crippen LogP contribution in [-0.4, -0.2) is 18.5 Å². The maximum Gasteiger partial charge on any atom is 0.345 e. The minimum Gasteiger partial charge on any atom is -0.259 e. The van der Waals surface area contributed by atoms with Crippen LogP contribution in [0.4, 0.5) is 0 Å². The van der Waals surface area contributed by atoms with Crippen molar-refractivity contribution in [3.8, 4) is 0 Å². The smallest absolute Gasteiger partial charge is 0.259 e. The predicted octanol–water partition coefficient (Wildman–Crippen LogP) is 4.47. The molecule has 0 aromatic heterocycles. The molecule has 9 heteroatoms. The standard InChI is InChI=1S/C8H19O6P3/c1-4-7-16(10)12-15(9,6-3)13-17(11,14-16)8-5-2/h4-8H2,1-3H3. The lowest BCUT2D eigenvalue weighted by atomic mass is 10.6. The first kappa shape index (κ1) is 15.6. The van der Waals surface area contributed by atoms with Crippen LogP contribution in [0.3, 0.4) is 0 Å². The molecular formula is C8H19O6P3. The molecule has 0 N–H and O–H groups in total. The van der Waals surface area contributed by atoms with Gasteiger partial charge in [-0.15, -0.1) is 0 Å². The fraction of sp³-hybridized carbons (Fsp3) is 1.00. The second-order valence-corrected chi connectivity index (χ2v) is 11.0. The van der Waals surface area contributed by atoms with Crippen molar-refractivity contribution >= 4 is 22.8 Å². The molecule has 2 unspecified atom stereocenters. The van der Waals surface area contributed by atoms with E-state index in [1.807, 2.05) is 0 Å². The van der Waals surface area contributed by atoms with Gasteiger partial charge < -0.3 is 0 Å². The molecule has 0 aliphatic carbocycles. The van der Waals surface area contributed by atoms with Gasteiger partial charge in [0.15, 0.2) is 0 Å². The average Bonchev–Trinajstić information content (AvgIpc) is 2.15. The molecular weight excluding hydrogens is 285 g/mol. The Labute approximate surface area is 102 Å². The summed E-state index contributed by atoms with van der Waals surface area (Å²) < 4.78 is 51.6. The van der Waals surface area contributed by atoms with E-state index >= 15 is 0 Å². The van der Waals surface area contributed by atoms with E-state index in [2.05, 4.69) is 0 Å². The van der Waals surface area contributed by atoms with Crippen LogP contribution in [-0.2, 0) is 26.6 Å². The van der Waals surface area contributed by atoms with Gasteiger partial charge in [-0.2, -0.15) is 0 Å². The van der Waals surface area contributed by atoms with Crippen LogP contribution in [0, 0.1) is 0 Å². The van der Waals surface area contributed by atoms with Gasteiger partial charge in [-0.1, -0.05) is 20.8 Å². The fourth-order valence-electron chi connectivity index (χ4n) is 1.44. The van der Waals surface area contributed by atoms with Crippen molar-refractivity contribution in [2.24, 2.45) is 0 Å².